The van der Waals surface area contributed by atoms with E-state index < -0.39 is 0 Å². The SMILES string of the molecule is C=CCC1C(CCc2cc3c(cc2-c2cc(C)c(-c4ccccc4)c[n+]2C)c2cccc4c5ccccc5n3c42)c2ccccc2-c2ccc(C)c[n+]21. The number of allylic oxidation sites excluding steroid dienone is 1. The summed E-state index contributed by atoms with van der Waals surface area (Å²) >= 11 is 0. The maximum absolute atomic E-state index is 4.24. The molecule has 5 heterocycles. The minimum atomic E-state index is 0.302. The zero-order valence-corrected chi connectivity index (χ0v) is 30.7. The van der Waals surface area contributed by atoms with Gasteiger partial charge in [0.25, 0.3) is 0 Å². The number of fused-ring (bicyclic) bond motifs is 9. The van der Waals surface area contributed by atoms with E-state index in [0.29, 0.717) is 12.0 Å². The van der Waals surface area contributed by atoms with Crippen LogP contribution in [0.3, 0.4) is 0 Å². The summed E-state index contributed by atoms with van der Waals surface area (Å²) in [4.78, 5) is 0. The summed E-state index contributed by atoms with van der Waals surface area (Å²) in [6.07, 6.45) is 9.69. The first-order chi connectivity index (χ1) is 26.0. The Kier molecular flexibility index (Phi) is 7.33. The Morgan fingerprint density at radius 2 is 1.42 bits per heavy atom. The van der Waals surface area contributed by atoms with E-state index in [2.05, 4.69) is 187 Å². The Bertz CT molecular complexity index is 2880. The molecule has 10 rings (SSSR count). The molecule has 53 heavy (non-hydrogen) atoms. The van der Waals surface area contributed by atoms with Crippen LogP contribution in [0.2, 0.25) is 0 Å². The number of rotatable bonds is 7. The third kappa shape index (κ3) is 4.87. The predicted octanol–water partition coefficient (Wildman–Crippen LogP) is 11.4. The summed E-state index contributed by atoms with van der Waals surface area (Å²) < 4.78 is 7.41. The van der Waals surface area contributed by atoms with E-state index in [9.17, 15) is 0 Å². The lowest BCUT2D eigenvalue weighted by Gasteiger charge is -2.30. The molecule has 2 atom stereocenters. The van der Waals surface area contributed by atoms with Crippen LogP contribution in [-0.4, -0.2) is 4.40 Å². The van der Waals surface area contributed by atoms with Crippen molar-refractivity contribution in [1.82, 2.24) is 4.40 Å². The minimum Gasteiger partial charge on any atom is -0.308 e. The number of para-hydroxylation sites is 2. The molecule has 0 aliphatic carbocycles. The summed E-state index contributed by atoms with van der Waals surface area (Å²) in [5.74, 6) is 0.344. The molecule has 4 aromatic heterocycles. The summed E-state index contributed by atoms with van der Waals surface area (Å²) in [6.45, 7) is 8.70. The fourth-order valence-electron chi connectivity index (χ4n) is 9.59. The van der Waals surface area contributed by atoms with Crippen molar-refractivity contribution in [2.75, 3.05) is 0 Å². The number of benzene rings is 5. The van der Waals surface area contributed by atoms with Gasteiger partial charge in [-0.05, 0) is 79.3 Å². The highest BCUT2D eigenvalue weighted by molar-refractivity contribution is 6.23. The van der Waals surface area contributed by atoms with Gasteiger partial charge < -0.3 is 4.40 Å². The lowest BCUT2D eigenvalue weighted by atomic mass is 9.78. The number of aromatic nitrogens is 3. The molecule has 256 valence electrons. The van der Waals surface area contributed by atoms with E-state index in [1.54, 1.807) is 0 Å². The lowest BCUT2D eigenvalue weighted by molar-refractivity contribution is -0.718. The van der Waals surface area contributed by atoms with Gasteiger partial charge in [0.1, 0.15) is 7.05 Å². The molecule has 1 aliphatic heterocycles. The van der Waals surface area contributed by atoms with Gasteiger partial charge in [0.2, 0.25) is 11.4 Å². The van der Waals surface area contributed by atoms with Crippen molar-refractivity contribution in [2.45, 2.75) is 45.1 Å². The van der Waals surface area contributed by atoms with Crippen LogP contribution in [0.5, 0.6) is 0 Å². The highest BCUT2D eigenvalue weighted by atomic mass is 15.0. The van der Waals surface area contributed by atoms with Gasteiger partial charge >= 0.3 is 0 Å². The molecule has 0 spiro atoms. The Morgan fingerprint density at radius 1 is 0.660 bits per heavy atom. The Balaban J connectivity index is 1.18. The molecule has 9 aromatic rings. The summed E-state index contributed by atoms with van der Waals surface area (Å²) in [5.41, 5.74) is 17.0. The van der Waals surface area contributed by atoms with Crippen LogP contribution >= 0.6 is 0 Å². The number of aryl methyl sites for hydroxylation is 4. The zero-order chi connectivity index (χ0) is 35.8. The summed E-state index contributed by atoms with van der Waals surface area (Å²) in [6, 6.07) is 47.9. The molecule has 2 unspecified atom stereocenters. The molecule has 1 aliphatic rings. The van der Waals surface area contributed by atoms with Crippen LogP contribution in [0, 0.1) is 13.8 Å². The fourth-order valence-corrected chi connectivity index (χ4v) is 9.59. The van der Waals surface area contributed by atoms with Gasteiger partial charge in [-0.2, -0.15) is 4.57 Å². The first-order valence-electron chi connectivity index (χ1n) is 19.0. The molecule has 0 amide bonds. The fraction of sp³-hybridized carbons (Fsp3) is 0.160. The van der Waals surface area contributed by atoms with Crippen LogP contribution in [-0.2, 0) is 13.5 Å². The minimum absolute atomic E-state index is 0.302. The maximum Gasteiger partial charge on any atom is 0.213 e. The topological polar surface area (TPSA) is 12.2 Å². The number of hydrogen-bond acceptors (Lipinski definition) is 0. The third-order valence-electron chi connectivity index (χ3n) is 12.0. The van der Waals surface area contributed by atoms with Crippen molar-refractivity contribution in [3.8, 4) is 33.6 Å². The van der Waals surface area contributed by atoms with Crippen molar-refractivity contribution in [3.63, 3.8) is 0 Å². The van der Waals surface area contributed by atoms with Crippen molar-refractivity contribution < 1.29 is 9.13 Å². The molecule has 0 fully saturated rings. The maximum atomic E-state index is 4.24. The van der Waals surface area contributed by atoms with Gasteiger partial charge in [0, 0.05) is 62.7 Å². The average Bonchev–Trinajstić information content (AvgIpc) is 3.70. The highest BCUT2D eigenvalue weighted by Gasteiger charge is 2.39. The second kappa shape index (κ2) is 12.3. The zero-order valence-electron chi connectivity index (χ0n) is 30.7. The van der Waals surface area contributed by atoms with Crippen molar-refractivity contribution in [3.05, 3.63) is 175 Å². The Hall–Kier alpha value is -6.06. The van der Waals surface area contributed by atoms with Crippen LogP contribution < -0.4 is 9.13 Å². The van der Waals surface area contributed by atoms with Crippen LogP contribution in [0.4, 0.5) is 0 Å². The van der Waals surface area contributed by atoms with Gasteiger partial charge in [-0.1, -0.05) is 91.0 Å². The van der Waals surface area contributed by atoms with Crippen molar-refractivity contribution in [1.29, 1.82) is 0 Å². The Labute approximate surface area is 311 Å². The first-order valence-corrected chi connectivity index (χ1v) is 19.0. The first kappa shape index (κ1) is 31.7. The van der Waals surface area contributed by atoms with E-state index in [-0.39, 0.29) is 0 Å². The molecule has 0 N–H and O–H groups in total. The van der Waals surface area contributed by atoms with E-state index >= 15 is 0 Å². The highest BCUT2D eigenvalue weighted by Crippen LogP contribution is 2.45. The predicted molar refractivity (Wildman–Crippen MR) is 220 cm³/mol. The molecular formula is C50H43N3+2. The van der Waals surface area contributed by atoms with Gasteiger partial charge in [-0.15, -0.1) is 6.58 Å². The van der Waals surface area contributed by atoms with Crippen molar-refractivity contribution in [2.24, 2.45) is 7.05 Å². The largest absolute Gasteiger partial charge is 0.308 e. The van der Waals surface area contributed by atoms with Gasteiger partial charge in [-0.25, -0.2) is 4.57 Å². The second-order valence-electron chi connectivity index (χ2n) is 15.1. The van der Waals surface area contributed by atoms with E-state index in [4.69, 9.17) is 0 Å². The van der Waals surface area contributed by atoms with Crippen LogP contribution in [0.25, 0.3) is 71.7 Å². The van der Waals surface area contributed by atoms with Gasteiger partial charge in [-0.3, -0.25) is 0 Å². The van der Waals surface area contributed by atoms with Crippen molar-refractivity contribution >= 4 is 38.1 Å². The smallest absolute Gasteiger partial charge is 0.213 e. The van der Waals surface area contributed by atoms with E-state index in [1.165, 1.54) is 94.0 Å². The van der Waals surface area contributed by atoms with Crippen LogP contribution in [0.1, 0.15) is 47.1 Å². The number of pyridine rings is 2. The molecule has 0 saturated heterocycles. The van der Waals surface area contributed by atoms with Crippen LogP contribution in [0.15, 0.2) is 152 Å². The van der Waals surface area contributed by atoms with Gasteiger partial charge in [0.05, 0.1) is 22.1 Å². The van der Waals surface area contributed by atoms with Gasteiger partial charge in [0.15, 0.2) is 18.4 Å². The van der Waals surface area contributed by atoms with E-state index in [0.717, 1.165) is 19.3 Å². The quantitative estimate of drug-likeness (QED) is 0.117. The normalized spacial score (nSPS) is 15.4. The second-order valence-corrected chi connectivity index (χ2v) is 15.1. The number of nitrogens with zero attached hydrogens (tertiary/aromatic N) is 3. The molecule has 0 radical (unpaired) electrons. The molecule has 3 nitrogen and oxygen atoms in total. The lowest BCUT2D eigenvalue weighted by Crippen LogP contribution is -2.47. The molecule has 3 heteroatoms. The third-order valence-corrected chi connectivity index (χ3v) is 12.0. The average molecular weight is 686 g/mol. The summed E-state index contributed by atoms with van der Waals surface area (Å²) in [5, 5.41) is 5.27. The molecular weight excluding hydrogens is 643 g/mol. The molecule has 0 bridgehead atoms. The number of hydrogen-bond donors (Lipinski definition) is 0. The Morgan fingerprint density at radius 3 is 2.26 bits per heavy atom. The molecule has 5 aromatic carbocycles. The van der Waals surface area contributed by atoms with E-state index in [1.807, 2.05) is 0 Å². The summed E-state index contributed by atoms with van der Waals surface area (Å²) in [7, 11) is 2.21. The monoisotopic (exact) mass is 685 g/mol. The standard InChI is InChI=1S/C50H43N3/c1-5-14-45-39(36-17-9-10-18-37(36)46-26-23-32(2)30-52(45)46)25-24-35-28-49-43(41-21-13-20-40-38-19-11-12-22-47(38)53(49)50(40)41)29-42(35)48-27-33(3)44(31-51(48)4)34-15-7-6-8-16-34/h5-13,15-23,26-31,39,45H,1,14,24-25H2,2-4H3/q+2. The molecule has 0 saturated carbocycles.